The zero-order valence-electron chi connectivity index (χ0n) is 14.9. The van der Waals surface area contributed by atoms with E-state index in [1.807, 2.05) is 24.3 Å². The van der Waals surface area contributed by atoms with Gasteiger partial charge < -0.3 is 15.0 Å². The van der Waals surface area contributed by atoms with E-state index in [1.165, 1.54) is 24.6 Å². The first kappa shape index (κ1) is 18.0. The number of rotatable bonds is 5. The SMILES string of the molecule is COc1cccc(/C=C/C(=O)Nc2cc(F)ccc2N2CCCCC2)c1. The minimum Gasteiger partial charge on any atom is -0.497 e. The zero-order valence-corrected chi connectivity index (χ0v) is 14.9. The van der Waals surface area contributed by atoms with Crippen molar-refractivity contribution in [1.82, 2.24) is 0 Å². The Labute approximate surface area is 153 Å². The van der Waals surface area contributed by atoms with Crippen molar-refractivity contribution in [2.24, 2.45) is 0 Å². The Morgan fingerprint density at radius 3 is 2.73 bits per heavy atom. The Morgan fingerprint density at radius 1 is 1.15 bits per heavy atom. The van der Waals surface area contributed by atoms with Gasteiger partial charge in [0.25, 0.3) is 0 Å². The maximum atomic E-state index is 13.7. The van der Waals surface area contributed by atoms with Gasteiger partial charge in [-0.25, -0.2) is 4.39 Å². The molecule has 0 aromatic heterocycles. The Morgan fingerprint density at radius 2 is 1.96 bits per heavy atom. The van der Waals surface area contributed by atoms with E-state index in [1.54, 1.807) is 19.3 Å². The second-order valence-corrected chi connectivity index (χ2v) is 6.31. The van der Waals surface area contributed by atoms with Crippen LogP contribution >= 0.6 is 0 Å². The molecule has 0 saturated carbocycles. The number of nitrogens with one attached hydrogen (secondary N) is 1. The van der Waals surface area contributed by atoms with Crippen molar-refractivity contribution in [1.29, 1.82) is 0 Å². The number of anilines is 2. The molecule has 0 aliphatic carbocycles. The molecule has 1 fully saturated rings. The predicted molar refractivity (Wildman–Crippen MR) is 103 cm³/mol. The van der Waals surface area contributed by atoms with Crippen LogP contribution in [0, 0.1) is 5.82 Å². The average Bonchev–Trinajstić information content (AvgIpc) is 2.67. The van der Waals surface area contributed by atoms with Crippen molar-refractivity contribution >= 4 is 23.4 Å². The van der Waals surface area contributed by atoms with Crippen LogP contribution in [-0.2, 0) is 4.79 Å². The van der Waals surface area contributed by atoms with Crippen LogP contribution in [0.3, 0.4) is 0 Å². The lowest BCUT2D eigenvalue weighted by Crippen LogP contribution is -2.30. The molecule has 4 nitrogen and oxygen atoms in total. The van der Waals surface area contributed by atoms with Gasteiger partial charge in [-0.05, 0) is 61.2 Å². The highest BCUT2D eigenvalue weighted by Crippen LogP contribution is 2.29. The first-order chi connectivity index (χ1) is 12.7. The molecule has 1 amide bonds. The summed E-state index contributed by atoms with van der Waals surface area (Å²) < 4.78 is 18.9. The van der Waals surface area contributed by atoms with Gasteiger partial charge >= 0.3 is 0 Å². The minimum atomic E-state index is -0.363. The smallest absolute Gasteiger partial charge is 0.248 e. The number of benzene rings is 2. The predicted octanol–water partition coefficient (Wildman–Crippen LogP) is 4.48. The number of piperidine rings is 1. The summed E-state index contributed by atoms with van der Waals surface area (Å²) in [4.78, 5) is 14.5. The van der Waals surface area contributed by atoms with Crippen LogP contribution in [0.4, 0.5) is 15.8 Å². The third kappa shape index (κ3) is 4.63. The zero-order chi connectivity index (χ0) is 18.4. The van der Waals surface area contributed by atoms with Gasteiger partial charge in [0.2, 0.25) is 5.91 Å². The molecule has 1 saturated heterocycles. The Balaban J connectivity index is 1.73. The molecule has 5 heteroatoms. The lowest BCUT2D eigenvalue weighted by Gasteiger charge is -2.30. The van der Waals surface area contributed by atoms with E-state index in [0.717, 1.165) is 42.9 Å². The second kappa shape index (κ2) is 8.52. The number of halogens is 1. The van der Waals surface area contributed by atoms with Crippen molar-refractivity contribution in [2.45, 2.75) is 19.3 Å². The standard InChI is InChI=1S/C21H23FN2O2/c1-26-18-7-5-6-16(14-18)8-11-21(25)23-19-15-17(22)9-10-20(19)24-12-3-2-4-13-24/h5-11,14-15H,2-4,12-13H2,1H3,(H,23,25)/b11-8+. The summed E-state index contributed by atoms with van der Waals surface area (Å²) >= 11 is 0. The monoisotopic (exact) mass is 354 g/mol. The summed E-state index contributed by atoms with van der Waals surface area (Å²) in [6.07, 6.45) is 6.58. The summed E-state index contributed by atoms with van der Waals surface area (Å²) in [5, 5.41) is 2.81. The van der Waals surface area contributed by atoms with Crippen LogP contribution in [0.2, 0.25) is 0 Å². The molecule has 1 N–H and O–H groups in total. The molecule has 0 radical (unpaired) electrons. The van der Waals surface area contributed by atoms with E-state index < -0.39 is 0 Å². The summed E-state index contributed by atoms with van der Waals surface area (Å²) in [6, 6.07) is 12.0. The van der Waals surface area contributed by atoms with E-state index in [2.05, 4.69) is 10.2 Å². The van der Waals surface area contributed by atoms with Gasteiger partial charge in [0.15, 0.2) is 0 Å². The number of nitrogens with zero attached hydrogens (tertiary/aromatic N) is 1. The first-order valence-corrected chi connectivity index (χ1v) is 8.83. The maximum absolute atomic E-state index is 13.7. The van der Waals surface area contributed by atoms with Crippen molar-refractivity contribution < 1.29 is 13.9 Å². The molecule has 0 spiro atoms. The minimum absolute atomic E-state index is 0.295. The molecule has 0 unspecified atom stereocenters. The number of carbonyl (C=O) groups is 1. The van der Waals surface area contributed by atoms with Crippen LogP contribution in [0.5, 0.6) is 5.75 Å². The third-order valence-corrected chi connectivity index (χ3v) is 4.43. The fourth-order valence-corrected chi connectivity index (χ4v) is 3.11. The highest BCUT2D eigenvalue weighted by Gasteiger charge is 2.16. The molecule has 136 valence electrons. The van der Waals surface area contributed by atoms with E-state index in [0.29, 0.717) is 5.69 Å². The lowest BCUT2D eigenvalue weighted by molar-refractivity contribution is -0.111. The van der Waals surface area contributed by atoms with Gasteiger partial charge in [-0.15, -0.1) is 0 Å². The normalized spacial score (nSPS) is 14.5. The number of methoxy groups -OCH3 is 1. The molecule has 1 heterocycles. The fraction of sp³-hybridized carbons (Fsp3) is 0.286. The summed E-state index contributed by atoms with van der Waals surface area (Å²) in [7, 11) is 1.60. The number of ether oxygens (including phenoxy) is 1. The van der Waals surface area contributed by atoms with Crippen molar-refractivity contribution in [2.75, 3.05) is 30.4 Å². The Kier molecular flexibility index (Phi) is 5.89. The van der Waals surface area contributed by atoms with Gasteiger partial charge in [0.05, 0.1) is 18.5 Å². The summed E-state index contributed by atoms with van der Waals surface area (Å²) in [5.41, 5.74) is 2.23. The molecule has 0 bridgehead atoms. The summed E-state index contributed by atoms with van der Waals surface area (Å²) in [6.45, 7) is 1.85. The highest BCUT2D eigenvalue weighted by molar-refractivity contribution is 6.03. The third-order valence-electron chi connectivity index (χ3n) is 4.43. The second-order valence-electron chi connectivity index (χ2n) is 6.31. The van der Waals surface area contributed by atoms with E-state index in [9.17, 15) is 9.18 Å². The molecule has 2 aromatic carbocycles. The number of carbonyl (C=O) groups excluding carboxylic acids is 1. The fourth-order valence-electron chi connectivity index (χ4n) is 3.11. The van der Waals surface area contributed by atoms with Crippen molar-refractivity contribution in [3.63, 3.8) is 0 Å². The molecule has 1 aliphatic rings. The first-order valence-electron chi connectivity index (χ1n) is 8.83. The van der Waals surface area contributed by atoms with Crippen molar-refractivity contribution in [3.05, 3.63) is 59.9 Å². The van der Waals surface area contributed by atoms with Gasteiger partial charge in [-0.2, -0.15) is 0 Å². The molecule has 26 heavy (non-hydrogen) atoms. The maximum Gasteiger partial charge on any atom is 0.248 e. The van der Waals surface area contributed by atoms with E-state index >= 15 is 0 Å². The van der Waals surface area contributed by atoms with Crippen LogP contribution in [0.15, 0.2) is 48.5 Å². The number of hydrogen-bond donors (Lipinski definition) is 1. The van der Waals surface area contributed by atoms with Gasteiger partial charge in [0.1, 0.15) is 11.6 Å². The summed E-state index contributed by atoms with van der Waals surface area (Å²) in [5.74, 6) is 0.0691. The quantitative estimate of drug-likeness (QED) is 0.805. The van der Waals surface area contributed by atoms with Gasteiger partial charge in [0, 0.05) is 19.2 Å². The van der Waals surface area contributed by atoms with Crippen LogP contribution in [0.25, 0.3) is 6.08 Å². The Hall–Kier alpha value is -2.82. The van der Waals surface area contributed by atoms with Crippen LogP contribution in [0.1, 0.15) is 24.8 Å². The topological polar surface area (TPSA) is 41.6 Å². The van der Waals surface area contributed by atoms with Gasteiger partial charge in [-0.3, -0.25) is 4.79 Å². The molecule has 1 aliphatic heterocycles. The largest absolute Gasteiger partial charge is 0.497 e. The van der Waals surface area contributed by atoms with Crippen molar-refractivity contribution in [3.8, 4) is 5.75 Å². The van der Waals surface area contributed by atoms with Crippen LogP contribution < -0.4 is 15.0 Å². The molecule has 0 atom stereocenters. The average molecular weight is 354 g/mol. The molecular formula is C21H23FN2O2. The van der Waals surface area contributed by atoms with Crippen LogP contribution in [-0.4, -0.2) is 26.1 Å². The lowest BCUT2D eigenvalue weighted by atomic mass is 10.1. The highest BCUT2D eigenvalue weighted by atomic mass is 19.1. The molecular weight excluding hydrogens is 331 g/mol. The molecule has 2 aromatic rings. The van der Waals surface area contributed by atoms with E-state index in [-0.39, 0.29) is 11.7 Å². The van der Waals surface area contributed by atoms with Gasteiger partial charge in [-0.1, -0.05) is 12.1 Å². The Bertz CT molecular complexity index is 798. The number of amides is 1. The number of hydrogen-bond acceptors (Lipinski definition) is 3. The molecule has 3 rings (SSSR count). The van der Waals surface area contributed by atoms with E-state index in [4.69, 9.17) is 4.74 Å².